The number of carboxylic acids is 1. The van der Waals surface area contributed by atoms with Crippen LogP contribution in [0.1, 0.15) is 77.8 Å². The molecular formula is C27H41NO7. The van der Waals surface area contributed by atoms with Crippen molar-refractivity contribution in [2.24, 2.45) is 5.92 Å². The van der Waals surface area contributed by atoms with Gasteiger partial charge >= 0.3 is 18.0 Å². The molecule has 2 unspecified atom stereocenters. The van der Waals surface area contributed by atoms with Gasteiger partial charge in [-0.25, -0.2) is 4.79 Å². The number of hydrogen-bond donors (Lipinski definition) is 1. The van der Waals surface area contributed by atoms with E-state index in [9.17, 15) is 19.5 Å². The van der Waals surface area contributed by atoms with Crippen molar-refractivity contribution in [2.45, 2.75) is 96.9 Å². The van der Waals surface area contributed by atoms with E-state index in [1.807, 2.05) is 46.8 Å². The van der Waals surface area contributed by atoms with Gasteiger partial charge in [0.25, 0.3) is 0 Å². The van der Waals surface area contributed by atoms with Crippen molar-refractivity contribution in [1.82, 2.24) is 4.90 Å². The van der Waals surface area contributed by atoms with E-state index in [1.165, 1.54) is 18.2 Å². The summed E-state index contributed by atoms with van der Waals surface area (Å²) < 4.78 is 16.2. The Morgan fingerprint density at radius 1 is 1.11 bits per heavy atom. The number of carboxylic acid groups (broad SMARTS) is 1. The highest BCUT2D eigenvalue weighted by atomic mass is 16.6. The molecule has 8 heteroatoms. The summed E-state index contributed by atoms with van der Waals surface area (Å²) in [6.07, 6.45) is 4.89. The highest BCUT2D eigenvalue weighted by Crippen LogP contribution is 2.32. The van der Waals surface area contributed by atoms with Gasteiger partial charge in [-0.2, -0.15) is 0 Å². The summed E-state index contributed by atoms with van der Waals surface area (Å²) in [6, 6.07) is 8.13. The van der Waals surface area contributed by atoms with E-state index in [1.54, 1.807) is 4.90 Å². The fraction of sp³-hybridized carbons (Fsp3) is 0.667. The van der Waals surface area contributed by atoms with E-state index >= 15 is 0 Å². The molecule has 1 N–H and O–H groups in total. The molecule has 8 nitrogen and oxygen atoms in total. The number of benzene rings is 1. The molecule has 0 spiro atoms. The molecule has 1 heterocycles. The molecule has 0 aliphatic carbocycles. The van der Waals surface area contributed by atoms with Gasteiger partial charge in [-0.1, -0.05) is 43.5 Å². The summed E-state index contributed by atoms with van der Waals surface area (Å²) in [5.41, 5.74) is 1.10. The third-order valence-corrected chi connectivity index (χ3v) is 6.21. The SMILES string of the molecule is COC(=O)C(CCCCCCc1ccccc1CC1COC(C)(C)N1C(=O)OC(C)(C)C)C(=O)O. The van der Waals surface area contributed by atoms with Crippen molar-refractivity contribution in [3.63, 3.8) is 0 Å². The van der Waals surface area contributed by atoms with Crippen LogP contribution >= 0.6 is 0 Å². The molecule has 0 saturated carbocycles. The first-order valence-electron chi connectivity index (χ1n) is 12.4. The van der Waals surface area contributed by atoms with E-state index in [0.717, 1.165) is 25.7 Å². The lowest BCUT2D eigenvalue weighted by molar-refractivity contribution is -0.157. The maximum absolute atomic E-state index is 12.9. The van der Waals surface area contributed by atoms with E-state index < -0.39 is 29.2 Å². The Kier molecular flexibility index (Phi) is 10.1. The van der Waals surface area contributed by atoms with Gasteiger partial charge in [-0.05, 0) is 71.4 Å². The number of aliphatic carboxylic acids is 1. The molecule has 1 amide bonds. The molecule has 35 heavy (non-hydrogen) atoms. The van der Waals surface area contributed by atoms with Crippen LogP contribution in [-0.2, 0) is 36.6 Å². The standard InChI is InChI=1S/C27H41NO7/c1-26(2,3)35-25(32)28-21(18-34-27(28,4)5)17-20-15-12-11-14-19(20)13-9-7-8-10-16-22(23(29)30)24(31)33-6/h11-12,14-15,21-22H,7-10,13,16-18H2,1-6H3,(H,29,30). The molecule has 1 aliphatic heterocycles. The van der Waals surface area contributed by atoms with Gasteiger partial charge in [-0.3, -0.25) is 14.5 Å². The average Bonchev–Trinajstić information content (AvgIpc) is 3.06. The topological polar surface area (TPSA) is 102 Å². The molecule has 196 valence electrons. The lowest BCUT2D eigenvalue weighted by Crippen LogP contribution is -2.50. The smallest absolute Gasteiger partial charge is 0.412 e. The third kappa shape index (κ3) is 8.53. The molecule has 1 saturated heterocycles. The Morgan fingerprint density at radius 2 is 1.74 bits per heavy atom. The number of carbonyl (C=O) groups is 3. The van der Waals surface area contributed by atoms with Crippen LogP contribution in [0, 0.1) is 5.92 Å². The van der Waals surface area contributed by atoms with E-state index in [4.69, 9.17) is 9.47 Å². The van der Waals surface area contributed by atoms with Crippen molar-refractivity contribution in [3.8, 4) is 0 Å². The molecule has 1 aromatic rings. The summed E-state index contributed by atoms with van der Waals surface area (Å²) in [5.74, 6) is -2.91. The molecule has 2 rings (SSSR count). The molecule has 0 radical (unpaired) electrons. The third-order valence-electron chi connectivity index (χ3n) is 6.21. The number of unbranched alkanes of at least 4 members (excludes halogenated alkanes) is 3. The first-order valence-corrected chi connectivity index (χ1v) is 12.4. The maximum Gasteiger partial charge on any atom is 0.412 e. The molecule has 0 bridgehead atoms. The second kappa shape index (κ2) is 12.4. The zero-order valence-electron chi connectivity index (χ0n) is 22.0. The number of rotatable bonds is 11. The quantitative estimate of drug-likeness (QED) is 0.265. The Morgan fingerprint density at radius 3 is 2.34 bits per heavy atom. The number of ether oxygens (including phenoxy) is 3. The van der Waals surface area contributed by atoms with Crippen LogP contribution in [-0.4, -0.2) is 59.1 Å². The zero-order valence-corrected chi connectivity index (χ0v) is 22.0. The first kappa shape index (κ1) is 28.6. The number of methoxy groups -OCH3 is 1. The van der Waals surface area contributed by atoms with E-state index in [0.29, 0.717) is 19.4 Å². The molecule has 1 aliphatic rings. The Hall–Kier alpha value is -2.61. The van der Waals surface area contributed by atoms with Gasteiger partial charge in [-0.15, -0.1) is 0 Å². The fourth-order valence-electron chi connectivity index (χ4n) is 4.47. The van der Waals surface area contributed by atoms with Crippen molar-refractivity contribution < 1.29 is 33.7 Å². The number of esters is 1. The monoisotopic (exact) mass is 491 g/mol. The van der Waals surface area contributed by atoms with Crippen molar-refractivity contribution in [2.75, 3.05) is 13.7 Å². The zero-order chi connectivity index (χ0) is 26.2. The Labute approximate surface area is 208 Å². The predicted molar refractivity (Wildman–Crippen MR) is 132 cm³/mol. The average molecular weight is 492 g/mol. The fourth-order valence-corrected chi connectivity index (χ4v) is 4.47. The highest BCUT2D eigenvalue weighted by molar-refractivity contribution is 5.93. The highest BCUT2D eigenvalue weighted by Gasteiger charge is 2.45. The summed E-state index contributed by atoms with van der Waals surface area (Å²) in [6.45, 7) is 9.80. The van der Waals surface area contributed by atoms with Gasteiger partial charge in [0.05, 0.1) is 19.8 Å². The van der Waals surface area contributed by atoms with Gasteiger partial charge < -0.3 is 19.3 Å². The van der Waals surface area contributed by atoms with E-state index in [2.05, 4.69) is 16.9 Å². The van der Waals surface area contributed by atoms with Gasteiger partial charge in [0, 0.05) is 0 Å². The maximum atomic E-state index is 12.9. The summed E-state index contributed by atoms with van der Waals surface area (Å²) in [7, 11) is 1.21. The largest absolute Gasteiger partial charge is 0.481 e. The summed E-state index contributed by atoms with van der Waals surface area (Å²) in [4.78, 5) is 37.4. The van der Waals surface area contributed by atoms with Crippen LogP contribution in [0.25, 0.3) is 0 Å². The second-order valence-corrected chi connectivity index (χ2v) is 10.6. The van der Waals surface area contributed by atoms with Crippen molar-refractivity contribution in [1.29, 1.82) is 0 Å². The number of nitrogens with zero attached hydrogens (tertiary/aromatic N) is 1. The number of amides is 1. The van der Waals surface area contributed by atoms with Crippen LogP contribution < -0.4 is 0 Å². The van der Waals surface area contributed by atoms with Gasteiger partial charge in [0.15, 0.2) is 5.92 Å². The minimum Gasteiger partial charge on any atom is -0.481 e. The molecule has 0 aromatic heterocycles. The van der Waals surface area contributed by atoms with Crippen LogP contribution in [0.15, 0.2) is 24.3 Å². The second-order valence-electron chi connectivity index (χ2n) is 10.6. The van der Waals surface area contributed by atoms with Crippen LogP contribution in [0.4, 0.5) is 4.79 Å². The van der Waals surface area contributed by atoms with Gasteiger partial charge in [0.2, 0.25) is 0 Å². The van der Waals surface area contributed by atoms with Gasteiger partial charge in [0.1, 0.15) is 11.3 Å². The first-order chi connectivity index (χ1) is 16.4. The Balaban J connectivity index is 1.93. The van der Waals surface area contributed by atoms with E-state index in [-0.39, 0.29) is 18.6 Å². The predicted octanol–water partition coefficient (Wildman–Crippen LogP) is 4.97. The number of hydrogen-bond acceptors (Lipinski definition) is 6. The minimum atomic E-state index is -1.13. The molecule has 1 aromatic carbocycles. The van der Waals surface area contributed by atoms with Crippen LogP contribution in [0.2, 0.25) is 0 Å². The molecule has 1 fully saturated rings. The minimum absolute atomic E-state index is 0.118. The summed E-state index contributed by atoms with van der Waals surface area (Å²) in [5, 5.41) is 9.17. The van der Waals surface area contributed by atoms with Crippen LogP contribution in [0.3, 0.4) is 0 Å². The number of carbonyl (C=O) groups excluding carboxylic acids is 2. The summed E-state index contributed by atoms with van der Waals surface area (Å²) >= 11 is 0. The number of aryl methyl sites for hydroxylation is 1. The van der Waals surface area contributed by atoms with Crippen LogP contribution in [0.5, 0.6) is 0 Å². The molecule has 2 atom stereocenters. The lowest BCUT2D eigenvalue weighted by atomic mass is 9.95. The van der Waals surface area contributed by atoms with Crippen molar-refractivity contribution in [3.05, 3.63) is 35.4 Å². The lowest BCUT2D eigenvalue weighted by Gasteiger charge is -2.35. The molecular weight excluding hydrogens is 450 g/mol. The Bertz CT molecular complexity index is 875. The van der Waals surface area contributed by atoms with Crippen molar-refractivity contribution >= 4 is 18.0 Å². The normalized spacial score (nSPS) is 18.2.